The molecule has 0 saturated carbocycles. The minimum Gasteiger partial charge on any atom is -0.322 e. The van der Waals surface area contributed by atoms with Gasteiger partial charge in [0.15, 0.2) is 0 Å². The first kappa shape index (κ1) is 12.2. The van der Waals surface area contributed by atoms with Crippen LogP contribution in [-0.4, -0.2) is 15.5 Å². The molecule has 0 saturated heterocycles. The number of rotatable bonds is 3. The third kappa shape index (κ3) is 2.19. The summed E-state index contributed by atoms with van der Waals surface area (Å²) < 4.78 is 1.99. The van der Waals surface area contributed by atoms with E-state index >= 15 is 0 Å². The standard InChI is InChI=1S/C16H13N3O/c1-2-16(20)18-12-8-9-14-15(10-12)19(11-17-14)13-6-4-3-5-7-13/h2-11H,1H2,(H,18,20). The van der Waals surface area contributed by atoms with Crippen LogP contribution in [0.15, 0.2) is 67.5 Å². The quantitative estimate of drug-likeness (QED) is 0.738. The van der Waals surface area contributed by atoms with E-state index in [9.17, 15) is 4.79 Å². The van der Waals surface area contributed by atoms with Crippen LogP contribution in [0.1, 0.15) is 0 Å². The van der Waals surface area contributed by atoms with Gasteiger partial charge in [-0.2, -0.15) is 0 Å². The van der Waals surface area contributed by atoms with Gasteiger partial charge >= 0.3 is 0 Å². The predicted octanol–water partition coefficient (Wildman–Crippen LogP) is 3.15. The Morgan fingerprint density at radius 3 is 2.75 bits per heavy atom. The summed E-state index contributed by atoms with van der Waals surface area (Å²) in [6.07, 6.45) is 3.03. The van der Waals surface area contributed by atoms with Crippen molar-refractivity contribution >= 4 is 22.6 Å². The fourth-order valence-corrected chi connectivity index (χ4v) is 2.07. The zero-order valence-corrected chi connectivity index (χ0v) is 10.8. The molecule has 1 N–H and O–H groups in total. The van der Waals surface area contributed by atoms with Crippen molar-refractivity contribution in [3.8, 4) is 5.69 Å². The summed E-state index contributed by atoms with van der Waals surface area (Å²) in [6.45, 7) is 3.44. The van der Waals surface area contributed by atoms with Gasteiger partial charge in [-0.25, -0.2) is 4.98 Å². The van der Waals surface area contributed by atoms with E-state index in [-0.39, 0.29) is 5.91 Å². The van der Waals surface area contributed by atoms with Crippen molar-refractivity contribution in [1.29, 1.82) is 0 Å². The van der Waals surface area contributed by atoms with E-state index < -0.39 is 0 Å². The van der Waals surface area contributed by atoms with Crippen LogP contribution in [-0.2, 0) is 4.79 Å². The van der Waals surface area contributed by atoms with Crippen molar-refractivity contribution in [2.75, 3.05) is 5.32 Å². The first-order chi connectivity index (χ1) is 9.78. The molecule has 0 radical (unpaired) electrons. The van der Waals surface area contributed by atoms with Gasteiger partial charge in [0.2, 0.25) is 5.91 Å². The second kappa shape index (κ2) is 5.01. The first-order valence-electron chi connectivity index (χ1n) is 6.24. The number of nitrogens with one attached hydrogen (secondary N) is 1. The highest BCUT2D eigenvalue weighted by Gasteiger charge is 2.06. The second-order valence-corrected chi connectivity index (χ2v) is 4.35. The zero-order valence-electron chi connectivity index (χ0n) is 10.8. The van der Waals surface area contributed by atoms with Crippen LogP contribution >= 0.6 is 0 Å². The number of fused-ring (bicyclic) bond motifs is 1. The Kier molecular flexibility index (Phi) is 3.05. The minimum atomic E-state index is -0.227. The highest BCUT2D eigenvalue weighted by Crippen LogP contribution is 2.21. The van der Waals surface area contributed by atoms with Crippen LogP contribution in [0.4, 0.5) is 5.69 Å². The number of benzene rings is 2. The third-order valence-electron chi connectivity index (χ3n) is 3.03. The molecule has 0 spiro atoms. The Labute approximate surface area is 116 Å². The number of nitrogens with zero attached hydrogens (tertiary/aromatic N) is 2. The normalized spacial score (nSPS) is 10.4. The lowest BCUT2D eigenvalue weighted by atomic mass is 10.2. The number of anilines is 1. The Morgan fingerprint density at radius 1 is 1.20 bits per heavy atom. The van der Waals surface area contributed by atoms with Gasteiger partial charge < -0.3 is 5.32 Å². The Morgan fingerprint density at radius 2 is 2.00 bits per heavy atom. The first-order valence-corrected chi connectivity index (χ1v) is 6.24. The smallest absolute Gasteiger partial charge is 0.247 e. The van der Waals surface area contributed by atoms with Gasteiger partial charge in [0.25, 0.3) is 0 Å². The second-order valence-electron chi connectivity index (χ2n) is 4.35. The minimum absolute atomic E-state index is 0.227. The summed E-state index contributed by atoms with van der Waals surface area (Å²) in [5, 5.41) is 2.75. The Hall–Kier alpha value is -2.88. The van der Waals surface area contributed by atoms with Gasteiger partial charge in [-0.15, -0.1) is 0 Å². The van der Waals surface area contributed by atoms with Crippen LogP contribution < -0.4 is 5.32 Å². The molecule has 0 aliphatic carbocycles. The average molecular weight is 263 g/mol. The molecule has 4 nitrogen and oxygen atoms in total. The maximum Gasteiger partial charge on any atom is 0.247 e. The molecule has 4 heteroatoms. The largest absolute Gasteiger partial charge is 0.322 e. The molecule has 98 valence electrons. The summed E-state index contributed by atoms with van der Waals surface area (Å²) in [4.78, 5) is 15.7. The van der Waals surface area contributed by atoms with Crippen LogP contribution in [0.5, 0.6) is 0 Å². The molecule has 0 bridgehead atoms. The molecule has 0 aliphatic heterocycles. The van der Waals surface area contributed by atoms with Crippen LogP contribution in [0.25, 0.3) is 16.7 Å². The number of para-hydroxylation sites is 1. The fraction of sp³-hybridized carbons (Fsp3) is 0. The maximum atomic E-state index is 11.4. The number of aromatic nitrogens is 2. The van der Waals surface area contributed by atoms with E-state index in [0.717, 1.165) is 22.4 Å². The topological polar surface area (TPSA) is 46.9 Å². The molecular formula is C16H13N3O. The summed E-state index contributed by atoms with van der Waals surface area (Å²) in [5.74, 6) is -0.227. The third-order valence-corrected chi connectivity index (χ3v) is 3.03. The summed E-state index contributed by atoms with van der Waals surface area (Å²) in [5.41, 5.74) is 3.57. The number of imidazole rings is 1. The van der Waals surface area contributed by atoms with E-state index in [1.807, 2.05) is 53.1 Å². The van der Waals surface area contributed by atoms with E-state index in [1.165, 1.54) is 6.08 Å². The lowest BCUT2D eigenvalue weighted by Gasteiger charge is -2.06. The van der Waals surface area contributed by atoms with E-state index in [1.54, 1.807) is 6.33 Å². The highest BCUT2D eigenvalue weighted by atomic mass is 16.1. The SMILES string of the molecule is C=CC(=O)Nc1ccc2ncn(-c3ccccc3)c2c1. The summed E-state index contributed by atoms with van der Waals surface area (Å²) in [6, 6.07) is 15.6. The van der Waals surface area contributed by atoms with E-state index in [2.05, 4.69) is 16.9 Å². The van der Waals surface area contributed by atoms with E-state index in [0.29, 0.717) is 0 Å². The number of hydrogen-bond acceptors (Lipinski definition) is 2. The molecule has 3 aromatic rings. The van der Waals surface area contributed by atoms with Crippen molar-refractivity contribution < 1.29 is 4.79 Å². The molecule has 0 fully saturated rings. The molecule has 0 unspecified atom stereocenters. The van der Waals surface area contributed by atoms with Crippen molar-refractivity contribution in [2.45, 2.75) is 0 Å². The van der Waals surface area contributed by atoms with Gasteiger partial charge in [-0.3, -0.25) is 9.36 Å². The monoisotopic (exact) mass is 263 g/mol. The molecule has 3 rings (SSSR count). The Balaban J connectivity index is 2.08. The molecule has 1 amide bonds. The molecule has 20 heavy (non-hydrogen) atoms. The van der Waals surface area contributed by atoms with Gasteiger partial charge in [0.1, 0.15) is 6.33 Å². The predicted molar refractivity (Wildman–Crippen MR) is 79.9 cm³/mol. The van der Waals surface area contributed by atoms with Crippen molar-refractivity contribution in [1.82, 2.24) is 9.55 Å². The molecule has 0 atom stereocenters. The van der Waals surface area contributed by atoms with Crippen LogP contribution in [0, 0.1) is 0 Å². The molecule has 1 heterocycles. The van der Waals surface area contributed by atoms with Gasteiger partial charge in [0.05, 0.1) is 11.0 Å². The lowest BCUT2D eigenvalue weighted by Crippen LogP contribution is -2.07. The van der Waals surface area contributed by atoms with Crippen molar-refractivity contribution in [3.63, 3.8) is 0 Å². The highest BCUT2D eigenvalue weighted by molar-refractivity contribution is 6.00. The number of carbonyl (C=O) groups excluding carboxylic acids is 1. The van der Waals surface area contributed by atoms with E-state index in [4.69, 9.17) is 0 Å². The molecule has 0 aliphatic rings. The van der Waals surface area contributed by atoms with Gasteiger partial charge in [-0.1, -0.05) is 24.8 Å². The Bertz CT molecular complexity index is 775. The van der Waals surface area contributed by atoms with Crippen LogP contribution in [0.2, 0.25) is 0 Å². The summed E-state index contributed by atoms with van der Waals surface area (Å²) in [7, 11) is 0. The molecular weight excluding hydrogens is 250 g/mol. The molecule has 1 aromatic heterocycles. The number of amides is 1. The average Bonchev–Trinajstić information content (AvgIpc) is 2.91. The maximum absolute atomic E-state index is 11.4. The zero-order chi connectivity index (χ0) is 13.9. The van der Waals surface area contributed by atoms with Crippen molar-refractivity contribution in [2.24, 2.45) is 0 Å². The number of carbonyl (C=O) groups is 1. The number of hydrogen-bond donors (Lipinski definition) is 1. The molecule has 2 aromatic carbocycles. The van der Waals surface area contributed by atoms with Crippen LogP contribution in [0.3, 0.4) is 0 Å². The van der Waals surface area contributed by atoms with Gasteiger partial charge in [0, 0.05) is 11.4 Å². The lowest BCUT2D eigenvalue weighted by molar-refractivity contribution is -0.111. The van der Waals surface area contributed by atoms with Crippen molar-refractivity contribution in [3.05, 3.63) is 67.5 Å². The van der Waals surface area contributed by atoms with Gasteiger partial charge in [-0.05, 0) is 36.4 Å². The summed E-state index contributed by atoms with van der Waals surface area (Å²) >= 11 is 0. The fourth-order valence-electron chi connectivity index (χ4n) is 2.07.